The Bertz CT molecular complexity index is 314. The van der Waals surface area contributed by atoms with Gasteiger partial charge in [0.1, 0.15) is 12.3 Å². The summed E-state index contributed by atoms with van der Waals surface area (Å²) in [7, 11) is 0. The lowest BCUT2D eigenvalue weighted by Crippen LogP contribution is -2.34. The van der Waals surface area contributed by atoms with Gasteiger partial charge in [0.05, 0.1) is 0 Å². The third-order valence-corrected chi connectivity index (χ3v) is 6.94. The summed E-state index contributed by atoms with van der Waals surface area (Å²) in [6, 6.07) is 0. The molecule has 3 rings (SSSR count). The summed E-state index contributed by atoms with van der Waals surface area (Å²) in [6.45, 7) is 2.39. The maximum atomic E-state index is 13.6. The van der Waals surface area contributed by atoms with Gasteiger partial charge in [-0.1, -0.05) is 19.8 Å². The highest BCUT2D eigenvalue weighted by molar-refractivity contribution is 4.87. The molecule has 0 bridgehead atoms. The average Bonchev–Trinajstić information content (AvgIpc) is 2.51. The molecule has 0 aromatic heterocycles. The van der Waals surface area contributed by atoms with Gasteiger partial charge < -0.3 is 0 Å². The van der Waals surface area contributed by atoms with Crippen LogP contribution in [0, 0.1) is 29.6 Å². The van der Waals surface area contributed by atoms with Gasteiger partial charge in [-0.05, 0) is 87.4 Å². The summed E-state index contributed by atoms with van der Waals surface area (Å²) in [5.74, 6) is 4.01. The molecular weight excluding hydrogens is 266 g/mol. The standard InChI is InChI=1S/C19H32F2/c1-13-2-4-14(5-3-13)15-6-8-16(9-7-15)17-10-11-18(20)19(21)12-17/h13-19H,2-12H2,1H3/t13?,14?,15?,16?,17-,18?,19?/m1/s1. The van der Waals surface area contributed by atoms with E-state index in [4.69, 9.17) is 0 Å². The van der Waals surface area contributed by atoms with Crippen molar-refractivity contribution in [2.45, 2.75) is 89.9 Å². The van der Waals surface area contributed by atoms with E-state index in [0.717, 1.165) is 24.2 Å². The molecule has 0 aliphatic heterocycles. The van der Waals surface area contributed by atoms with E-state index in [1.165, 1.54) is 51.4 Å². The molecule has 0 amide bonds. The van der Waals surface area contributed by atoms with Crippen LogP contribution in [0.4, 0.5) is 8.78 Å². The number of alkyl halides is 2. The Labute approximate surface area is 129 Å². The monoisotopic (exact) mass is 298 g/mol. The summed E-state index contributed by atoms with van der Waals surface area (Å²) >= 11 is 0. The first-order chi connectivity index (χ1) is 10.1. The Morgan fingerprint density at radius 2 is 0.952 bits per heavy atom. The molecule has 0 aromatic rings. The molecule has 0 nitrogen and oxygen atoms in total. The van der Waals surface area contributed by atoms with E-state index in [9.17, 15) is 8.78 Å². The number of rotatable bonds is 2. The van der Waals surface area contributed by atoms with Crippen molar-refractivity contribution in [3.63, 3.8) is 0 Å². The van der Waals surface area contributed by atoms with Crippen molar-refractivity contribution < 1.29 is 8.78 Å². The lowest BCUT2D eigenvalue weighted by Gasteiger charge is -2.41. The molecule has 0 aromatic carbocycles. The van der Waals surface area contributed by atoms with Crippen LogP contribution < -0.4 is 0 Å². The van der Waals surface area contributed by atoms with E-state index in [1.807, 2.05) is 0 Å². The number of hydrogen-bond donors (Lipinski definition) is 0. The van der Waals surface area contributed by atoms with Gasteiger partial charge in [-0.15, -0.1) is 0 Å². The Hall–Kier alpha value is -0.140. The SMILES string of the molecule is CC1CCC(C2CCC([C@@H]3CCC(F)C(F)C3)CC2)CC1. The zero-order valence-electron chi connectivity index (χ0n) is 13.6. The van der Waals surface area contributed by atoms with E-state index in [2.05, 4.69) is 6.92 Å². The van der Waals surface area contributed by atoms with Crippen molar-refractivity contribution in [3.05, 3.63) is 0 Å². The van der Waals surface area contributed by atoms with Crippen LogP contribution in [-0.4, -0.2) is 12.3 Å². The first-order valence-electron chi connectivity index (χ1n) is 9.41. The van der Waals surface area contributed by atoms with Gasteiger partial charge in [0.2, 0.25) is 0 Å². The molecule has 3 saturated carbocycles. The van der Waals surface area contributed by atoms with Gasteiger partial charge in [-0.2, -0.15) is 0 Å². The topological polar surface area (TPSA) is 0 Å². The molecule has 2 unspecified atom stereocenters. The van der Waals surface area contributed by atoms with Crippen LogP contribution >= 0.6 is 0 Å². The Morgan fingerprint density at radius 3 is 1.48 bits per heavy atom. The van der Waals surface area contributed by atoms with Crippen molar-refractivity contribution in [1.82, 2.24) is 0 Å². The summed E-state index contributed by atoms with van der Waals surface area (Å²) in [4.78, 5) is 0. The molecule has 0 N–H and O–H groups in total. The fraction of sp³-hybridized carbons (Fsp3) is 1.00. The first-order valence-corrected chi connectivity index (χ1v) is 9.41. The Morgan fingerprint density at radius 1 is 0.524 bits per heavy atom. The number of halogens is 2. The van der Waals surface area contributed by atoms with Crippen molar-refractivity contribution in [3.8, 4) is 0 Å². The van der Waals surface area contributed by atoms with Crippen LogP contribution in [0.1, 0.15) is 77.6 Å². The predicted molar refractivity (Wildman–Crippen MR) is 83.7 cm³/mol. The van der Waals surface area contributed by atoms with Gasteiger partial charge in [-0.25, -0.2) is 8.78 Å². The molecule has 3 aliphatic carbocycles. The summed E-state index contributed by atoms with van der Waals surface area (Å²) < 4.78 is 26.9. The van der Waals surface area contributed by atoms with E-state index in [1.54, 1.807) is 0 Å². The van der Waals surface area contributed by atoms with Crippen molar-refractivity contribution in [2.24, 2.45) is 29.6 Å². The van der Waals surface area contributed by atoms with Crippen LogP contribution in [0.5, 0.6) is 0 Å². The van der Waals surface area contributed by atoms with Gasteiger partial charge in [0, 0.05) is 0 Å². The summed E-state index contributed by atoms with van der Waals surface area (Å²) in [5.41, 5.74) is 0. The zero-order valence-corrected chi connectivity index (χ0v) is 13.6. The highest BCUT2D eigenvalue weighted by Gasteiger charge is 2.37. The third kappa shape index (κ3) is 3.79. The molecule has 3 aliphatic rings. The quantitative estimate of drug-likeness (QED) is 0.578. The fourth-order valence-corrected chi connectivity index (χ4v) is 5.38. The molecule has 122 valence electrons. The highest BCUT2D eigenvalue weighted by Crippen LogP contribution is 2.45. The van der Waals surface area contributed by atoms with Gasteiger partial charge in [-0.3, -0.25) is 0 Å². The Kier molecular flexibility index (Phi) is 5.22. The highest BCUT2D eigenvalue weighted by atomic mass is 19.2. The smallest absolute Gasteiger partial charge is 0.131 e. The maximum Gasteiger partial charge on any atom is 0.131 e. The van der Waals surface area contributed by atoms with Crippen LogP contribution in [0.2, 0.25) is 0 Å². The predicted octanol–water partition coefficient (Wildman–Crippen LogP) is 6.10. The van der Waals surface area contributed by atoms with E-state index in [-0.39, 0.29) is 0 Å². The maximum absolute atomic E-state index is 13.6. The molecule has 3 atom stereocenters. The minimum Gasteiger partial charge on any atom is -0.244 e. The van der Waals surface area contributed by atoms with Gasteiger partial charge in [0.25, 0.3) is 0 Å². The molecule has 0 spiro atoms. The first kappa shape index (κ1) is 15.7. The second-order valence-electron chi connectivity index (χ2n) is 8.30. The second kappa shape index (κ2) is 6.96. The largest absolute Gasteiger partial charge is 0.244 e. The number of hydrogen-bond acceptors (Lipinski definition) is 0. The lowest BCUT2D eigenvalue weighted by atomic mass is 9.65. The van der Waals surface area contributed by atoms with Crippen molar-refractivity contribution >= 4 is 0 Å². The Balaban J connectivity index is 1.45. The minimum atomic E-state index is -1.18. The average molecular weight is 298 g/mol. The van der Waals surface area contributed by atoms with Crippen LogP contribution in [0.15, 0.2) is 0 Å². The fourth-order valence-electron chi connectivity index (χ4n) is 5.38. The van der Waals surface area contributed by atoms with Crippen LogP contribution in [0.25, 0.3) is 0 Å². The summed E-state index contributed by atoms with van der Waals surface area (Å²) in [6.07, 6.45) is 10.5. The van der Waals surface area contributed by atoms with Crippen molar-refractivity contribution in [2.75, 3.05) is 0 Å². The second-order valence-corrected chi connectivity index (χ2v) is 8.30. The normalized spacial score (nSPS) is 49.0. The zero-order chi connectivity index (χ0) is 14.8. The minimum absolute atomic E-state index is 0.465. The van der Waals surface area contributed by atoms with E-state index >= 15 is 0 Å². The lowest BCUT2D eigenvalue weighted by molar-refractivity contribution is 0.0476. The van der Waals surface area contributed by atoms with Crippen LogP contribution in [0.3, 0.4) is 0 Å². The molecule has 2 heteroatoms. The van der Waals surface area contributed by atoms with Crippen LogP contribution in [-0.2, 0) is 0 Å². The third-order valence-electron chi connectivity index (χ3n) is 6.94. The van der Waals surface area contributed by atoms with E-state index in [0.29, 0.717) is 24.7 Å². The van der Waals surface area contributed by atoms with Gasteiger partial charge >= 0.3 is 0 Å². The molecular formula is C19H32F2. The molecule has 0 heterocycles. The van der Waals surface area contributed by atoms with Gasteiger partial charge in [0.15, 0.2) is 0 Å². The summed E-state index contributed by atoms with van der Waals surface area (Å²) in [5, 5.41) is 0. The molecule has 3 fully saturated rings. The van der Waals surface area contributed by atoms with E-state index < -0.39 is 12.3 Å². The molecule has 0 radical (unpaired) electrons. The van der Waals surface area contributed by atoms with Crippen molar-refractivity contribution in [1.29, 1.82) is 0 Å². The molecule has 0 saturated heterocycles. The molecule has 21 heavy (non-hydrogen) atoms.